The Morgan fingerprint density at radius 2 is 2.00 bits per heavy atom. The number of nitrogens with two attached hydrogens (primary N) is 1. The molecule has 2 N–H and O–H groups in total. The molecule has 0 saturated heterocycles. The maximum absolute atomic E-state index is 9.36. The lowest BCUT2D eigenvalue weighted by Crippen LogP contribution is -2.28. The Hall–Kier alpha value is -2.24. The van der Waals surface area contributed by atoms with Gasteiger partial charge in [0.05, 0.1) is 34.2 Å². The minimum atomic E-state index is -0.358. The van der Waals surface area contributed by atoms with Crippen molar-refractivity contribution < 1.29 is 4.57 Å². The van der Waals surface area contributed by atoms with E-state index in [1.807, 2.05) is 43.1 Å². The molecule has 1 atom stereocenters. The number of aromatic nitrogens is 1. The van der Waals surface area contributed by atoms with Gasteiger partial charge in [0.15, 0.2) is 12.4 Å². The Bertz CT molecular complexity index is 637. The van der Waals surface area contributed by atoms with E-state index >= 15 is 0 Å². The molecule has 0 aliphatic carbocycles. The standard InChI is InChI=1S/C14H13N4S/c1-9-11(6-15)13(12(7-16)14(17)19-9)10-4-3-5-18(2)8-10/h3-5,8,13H,17H2,1-2H3/q+1/t13-/m0/s1. The monoisotopic (exact) mass is 269 g/mol. The molecule has 0 spiro atoms. The third-order valence-corrected chi connectivity index (χ3v) is 3.99. The number of nitrogens with zero attached hydrogens (tertiary/aromatic N) is 3. The Morgan fingerprint density at radius 1 is 1.32 bits per heavy atom. The Balaban J connectivity index is 2.65. The number of aryl methyl sites for hydroxylation is 1. The van der Waals surface area contributed by atoms with E-state index in [4.69, 9.17) is 5.73 Å². The maximum Gasteiger partial charge on any atom is 0.172 e. The van der Waals surface area contributed by atoms with Crippen LogP contribution in [0.15, 0.2) is 45.6 Å². The second-order valence-corrected chi connectivity index (χ2v) is 5.57. The molecule has 19 heavy (non-hydrogen) atoms. The average molecular weight is 269 g/mol. The first-order chi connectivity index (χ1) is 9.08. The average Bonchev–Trinajstić information content (AvgIpc) is 2.38. The number of rotatable bonds is 1. The van der Waals surface area contributed by atoms with E-state index in [0.717, 1.165) is 10.5 Å². The molecular weight excluding hydrogens is 256 g/mol. The molecule has 0 aromatic carbocycles. The van der Waals surface area contributed by atoms with Crippen LogP contribution in [0.4, 0.5) is 0 Å². The zero-order valence-electron chi connectivity index (χ0n) is 10.7. The van der Waals surface area contributed by atoms with Gasteiger partial charge in [-0.25, -0.2) is 4.57 Å². The van der Waals surface area contributed by atoms with E-state index < -0.39 is 0 Å². The molecule has 0 amide bonds. The van der Waals surface area contributed by atoms with Gasteiger partial charge in [0.1, 0.15) is 7.05 Å². The number of hydrogen-bond acceptors (Lipinski definition) is 4. The number of thioether (sulfide) groups is 1. The van der Waals surface area contributed by atoms with E-state index in [0.29, 0.717) is 16.2 Å². The maximum atomic E-state index is 9.36. The molecule has 5 heteroatoms. The minimum Gasteiger partial charge on any atom is -0.392 e. The van der Waals surface area contributed by atoms with E-state index in [1.165, 1.54) is 11.8 Å². The summed E-state index contributed by atoms with van der Waals surface area (Å²) in [5.74, 6) is -0.358. The number of nitriles is 2. The van der Waals surface area contributed by atoms with Crippen LogP contribution in [0.5, 0.6) is 0 Å². The predicted octanol–water partition coefficient (Wildman–Crippen LogP) is 1.83. The fourth-order valence-corrected chi connectivity index (χ4v) is 3.02. The SMILES string of the molecule is CC1=C(C#N)[C@H](c2ccc[n+](C)c2)C(C#N)=C(N)S1. The molecule has 94 valence electrons. The Labute approximate surface area is 116 Å². The molecule has 1 aliphatic rings. The summed E-state index contributed by atoms with van der Waals surface area (Å²) >= 11 is 1.29. The number of pyridine rings is 1. The van der Waals surface area contributed by atoms with Crippen molar-refractivity contribution in [3.05, 3.63) is 51.2 Å². The largest absolute Gasteiger partial charge is 0.392 e. The van der Waals surface area contributed by atoms with E-state index in [2.05, 4.69) is 12.1 Å². The zero-order chi connectivity index (χ0) is 14.0. The lowest BCUT2D eigenvalue weighted by molar-refractivity contribution is -0.671. The zero-order valence-corrected chi connectivity index (χ0v) is 11.5. The van der Waals surface area contributed by atoms with E-state index in [9.17, 15) is 10.5 Å². The molecule has 1 aromatic rings. The van der Waals surface area contributed by atoms with Gasteiger partial charge < -0.3 is 5.73 Å². The van der Waals surface area contributed by atoms with Gasteiger partial charge in [-0.3, -0.25) is 0 Å². The van der Waals surface area contributed by atoms with Gasteiger partial charge in [0, 0.05) is 16.5 Å². The van der Waals surface area contributed by atoms with Crippen LogP contribution in [-0.4, -0.2) is 0 Å². The quantitative estimate of drug-likeness (QED) is 0.789. The molecule has 4 nitrogen and oxygen atoms in total. The lowest BCUT2D eigenvalue weighted by Gasteiger charge is -2.22. The highest BCUT2D eigenvalue weighted by atomic mass is 32.2. The van der Waals surface area contributed by atoms with Gasteiger partial charge in [0.2, 0.25) is 0 Å². The van der Waals surface area contributed by atoms with E-state index in [1.54, 1.807) is 0 Å². The Kier molecular flexibility index (Phi) is 3.59. The van der Waals surface area contributed by atoms with Gasteiger partial charge in [0.25, 0.3) is 0 Å². The minimum absolute atomic E-state index is 0.358. The third kappa shape index (κ3) is 2.33. The van der Waals surface area contributed by atoms with Crippen LogP contribution in [-0.2, 0) is 7.05 Å². The first-order valence-corrected chi connectivity index (χ1v) is 6.53. The number of allylic oxidation sites excluding steroid dienone is 3. The Morgan fingerprint density at radius 3 is 2.58 bits per heavy atom. The summed E-state index contributed by atoms with van der Waals surface area (Å²) in [6.45, 7) is 1.86. The third-order valence-electron chi connectivity index (χ3n) is 3.02. The van der Waals surface area contributed by atoms with Crippen molar-refractivity contribution >= 4 is 11.8 Å². The summed E-state index contributed by atoms with van der Waals surface area (Å²) in [5, 5.41) is 19.2. The van der Waals surface area contributed by atoms with Crippen molar-refractivity contribution in [2.45, 2.75) is 12.8 Å². The van der Waals surface area contributed by atoms with Crippen molar-refractivity contribution in [1.82, 2.24) is 0 Å². The van der Waals surface area contributed by atoms with Crippen molar-refractivity contribution in [3.63, 3.8) is 0 Å². The molecule has 2 heterocycles. The summed E-state index contributed by atoms with van der Waals surface area (Å²) < 4.78 is 1.90. The fraction of sp³-hybridized carbons (Fsp3) is 0.214. The van der Waals surface area contributed by atoms with Crippen LogP contribution >= 0.6 is 11.8 Å². The molecule has 1 aliphatic heterocycles. The van der Waals surface area contributed by atoms with E-state index in [-0.39, 0.29) is 5.92 Å². The van der Waals surface area contributed by atoms with Crippen LogP contribution in [0.1, 0.15) is 18.4 Å². The van der Waals surface area contributed by atoms with Gasteiger partial charge in [-0.2, -0.15) is 10.5 Å². The normalized spacial score (nSPS) is 19.1. The molecule has 0 bridgehead atoms. The molecule has 0 saturated carbocycles. The van der Waals surface area contributed by atoms with Crippen molar-refractivity contribution in [1.29, 1.82) is 10.5 Å². The molecule has 0 fully saturated rings. The number of hydrogen-bond donors (Lipinski definition) is 1. The van der Waals surface area contributed by atoms with Gasteiger partial charge in [-0.15, -0.1) is 0 Å². The van der Waals surface area contributed by atoms with Crippen LogP contribution in [0.2, 0.25) is 0 Å². The molecule has 0 radical (unpaired) electrons. The summed E-state index contributed by atoms with van der Waals surface area (Å²) in [7, 11) is 1.91. The smallest absolute Gasteiger partial charge is 0.172 e. The second-order valence-electron chi connectivity index (χ2n) is 4.31. The molecule has 0 unspecified atom stereocenters. The highest BCUT2D eigenvalue weighted by Crippen LogP contribution is 2.43. The van der Waals surface area contributed by atoms with Crippen LogP contribution in [0.25, 0.3) is 0 Å². The highest BCUT2D eigenvalue weighted by molar-refractivity contribution is 8.06. The highest BCUT2D eigenvalue weighted by Gasteiger charge is 2.31. The summed E-state index contributed by atoms with van der Waals surface area (Å²) in [5.41, 5.74) is 7.89. The van der Waals surface area contributed by atoms with Crippen molar-refractivity contribution in [3.8, 4) is 12.1 Å². The van der Waals surface area contributed by atoms with Gasteiger partial charge >= 0.3 is 0 Å². The lowest BCUT2D eigenvalue weighted by atomic mass is 9.86. The topological polar surface area (TPSA) is 77.5 Å². The van der Waals surface area contributed by atoms with Crippen LogP contribution in [0.3, 0.4) is 0 Å². The second kappa shape index (κ2) is 5.17. The molecule has 2 rings (SSSR count). The summed E-state index contributed by atoms with van der Waals surface area (Å²) in [6, 6.07) is 8.17. The van der Waals surface area contributed by atoms with Gasteiger partial charge in [-0.05, 0) is 13.0 Å². The molecular formula is C14H13N4S+. The predicted molar refractivity (Wildman–Crippen MR) is 73.1 cm³/mol. The van der Waals surface area contributed by atoms with Crippen molar-refractivity contribution in [2.24, 2.45) is 12.8 Å². The fourth-order valence-electron chi connectivity index (χ4n) is 2.14. The van der Waals surface area contributed by atoms with Gasteiger partial charge in [-0.1, -0.05) is 11.8 Å². The first-order valence-electron chi connectivity index (χ1n) is 5.72. The van der Waals surface area contributed by atoms with Crippen LogP contribution in [0, 0.1) is 22.7 Å². The molecule has 1 aromatic heterocycles. The van der Waals surface area contributed by atoms with Crippen LogP contribution < -0.4 is 10.3 Å². The summed E-state index contributed by atoms with van der Waals surface area (Å²) in [6.07, 6.45) is 3.82. The van der Waals surface area contributed by atoms with Crippen molar-refractivity contribution in [2.75, 3.05) is 0 Å². The summed E-state index contributed by atoms with van der Waals surface area (Å²) in [4.78, 5) is 0.857. The first kappa shape index (κ1) is 13.2.